The number of nitrogens with one attached hydrogen (secondary N) is 1. The van der Waals surface area contributed by atoms with Crippen molar-refractivity contribution in [2.45, 2.75) is 13.3 Å². The maximum atomic E-state index is 12.4. The molecule has 0 radical (unpaired) electrons. The molecule has 4 aromatic rings. The van der Waals surface area contributed by atoms with Gasteiger partial charge in [0.05, 0.1) is 6.61 Å². The van der Waals surface area contributed by atoms with Crippen molar-refractivity contribution in [1.29, 1.82) is 0 Å². The fourth-order valence-corrected chi connectivity index (χ4v) is 3.98. The molecule has 4 rings (SSSR count). The van der Waals surface area contributed by atoms with Crippen LogP contribution in [0.25, 0.3) is 11.1 Å². The molecule has 0 heterocycles. The summed E-state index contributed by atoms with van der Waals surface area (Å²) in [4.78, 5) is 12.4. The van der Waals surface area contributed by atoms with Crippen LogP contribution in [0.4, 0.5) is 4.79 Å². The van der Waals surface area contributed by atoms with E-state index in [0.29, 0.717) is 25.3 Å². The van der Waals surface area contributed by atoms with Crippen molar-refractivity contribution in [3.05, 3.63) is 132 Å². The molecule has 0 aromatic heterocycles. The minimum Gasteiger partial charge on any atom is -0.494 e. The Bertz CT molecular complexity index is 1230. The minimum atomic E-state index is -0.467. The summed E-state index contributed by atoms with van der Waals surface area (Å²) in [5, 5.41) is 2.90. The lowest BCUT2D eigenvalue weighted by Gasteiger charge is -2.18. The van der Waals surface area contributed by atoms with E-state index in [4.69, 9.17) is 9.47 Å². The van der Waals surface area contributed by atoms with E-state index in [1.54, 1.807) is 12.1 Å². The van der Waals surface area contributed by atoms with Crippen LogP contribution in [0.5, 0.6) is 11.5 Å². The van der Waals surface area contributed by atoms with Crippen molar-refractivity contribution in [3.8, 4) is 11.5 Å². The number of carbonyl (C=O) groups is 1. The Labute approximate surface area is 206 Å². The monoisotopic (exact) mass is 463 g/mol. The van der Waals surface area contributed by atoms with Gasteiger partial charge in [-0.2, -0.15) is 0 Å². The third-order valence-electron chi connectivity index (χ3n) is 5.54. The van der Waals surface area contributed by atoms with Crippen LogP contribution in [0, 0.1) is 0 Å². The molecule has 0 fully saturated rings. The van der Waals surface area contributed by atoms with Crippen LogP contribution in [0.3, 0.4) is 0 Å². The SMILES string of the molecule is CCOc1ccc(/C(=C(/CCNC(=O)Oc2ccccc2)c2ccccc2)c2ccccc2)cc1. The summed E-state index contributed by atoms with van der Waals surface area (Å²) in [7, 11) is 0. The topological polar surface area (TPSA) is 47.6 Å². The first-order chi connectivity index (χ1) is 17.2. The lowest BCUT2D eigenvalue weighted by Crippen LogP contribution is -2.28. The molecule has 0 aliphatic rings. The molecule has 35 heavy (non-hydrogen) atoms. The number of ether oxygens (including phenoxy) is 2. The van der Waals surface area contributed by atoms with Crippen molar-refractivity contribution >= 4 is 17.2 Å². The summed E-state index contributed by atoms with van der Waals surface area (Å²) in [6.07, 6.45) is 0.164. The molecule has 4 nitrogen and oxygen atoms in total. The van der Waals surface area contributed by atoms with Crippen LogP contribution in [0.15, 0.2) is 115 Å². The first-order valence-electron chi connectivity index (χ1n) is 11.8. The number of benzene rings is 4. The predicted molar refractivity (Wildman–Crippen MR) is 141 cm³/mol. The number of hydrogen-bond acceptors (Lipinski definition) is 3. The fourth-order valence-electron chi connectivity index (χ4n) is 3.98. The molecule has 0 unspecified atom stereocenters. The van der Waals surface area contributed by atoms with Crippen LogP contribution >= 0.6 is 0 Å². The molecule has 176 valence electrons. The fraction of sp³-hybridized carbons (Fsp3) is 0.129. The summed E-state index contributed by atoms with van der Waals surface area (Å²) >= 11 is 0. The van der Waals surface area contributed by atoms with Crippen LogP contribution in [0.2, 0.25) is 0 Å². The van der Waals surface area contributed by atoms with Gasteiger partial charge in [0, 0.05) is 6.54 Å². The predicted octanol–water partition coefficient (Wildman–Crippen LogP) is 7.22. The molecule has 0 aliphatic carbocycles. The summed E-state index contributed by atoms with van der Waals surface area (Å²) in [5.74, 6) is 1.36. The highest BCUT2D eigenvalue weighted by atomic mass is 16.6. The summed E-state index contributed by atoms with van der Waals surface area (Å²) in [6, 6.07) is 37.9. The largest absolute Gasteiger partial charge is 0.494 e. The van der Waals surface area contributed by atoms with E-state index < -0.39 is 6.09 Å². The molecular weight excluding hydrogens is 434 g/mol. The molecule has 4 aromatic carbocycles. The molecule has 0 saturated heterocycles. The maximum Gasteiger partial charge on any atom is 0.412 e. The number of carbonyl (C=O) groups excluding carboxylic acids is 1. The molecule has 0 atom stereocenters. The Morgan fingerprint density at radius 1 is 0.657 bits per heavy atom. The Morgan fingerprint density at radius 2 is 1.20 bits per heavy atom. The summed E-state index contributed by atoms with van der Waals surface area (Å²) in [5.41, 5.74) is 5.57. The van der Waals surface area contributed by atoms with Gasteiger partial charge in [0.25, 0.3) is 0 Å². The number of amides is 1. The van der Waals surface area contributed by atoms with Crippen LogP contribution in [0.1, 0.15) is 30.0 Å². The highest BCUT2D eigenvalue weighted by molar-refractivity contribution is 5.98. The first-order valence-corrected chi connectivity index (χ1v) is 11.8. The van der Waals surface area contributed by atoms with Gasteiger partial charge >= 0.3 is 6.09 Å². The van der Waals surface area contributed by atoms with E-state index in [1.165, 1.54) is 0 Å². The van der Waals surface area contributed by atoms with Crippen molar-refractivity contribution in [3.63, 3.8) is 0 Å². The van der Waals surface area contributed by atoms with Gasteiger partial charge in [-0.25, -0.2) is 4.79 Å². The van der Waals surface area contributed by atoms with Gasteiger partial charge in [-0.15, -0.1) is 0 Å². The van der Waals surface area contributed by atoms with Crippen LogP contribution in [-0.4, -0.2) is 19.2 Å². The summed E-state index contributed by atoms with van der Waals surface area (Å²) < 4.78 is 11.0. The molecule has 0 bridgehead atoms. The zero-order chi connectivity index (χ0) is 24.3. The van der Waals surface area contributed by atoms with E-state index in [-0.39, 0.29) is 0 Å². The molecule has 0 aliphatic heterocycles. The Morgan fingerprint density at radius 3 is 1.80 bits per heavy atom. The van der Waals surface area contributed by atoms with E-state index >= 15 is 0 Å². The second kappa shape index (κ2) is 12.2. The van der Waals surface area contributed by atoms with E-state index in [1.807, 2.05) is 73.7 Å². The number of rotatable bonds is 9. The van der Waals surface area contributed by atoms with Crippen LogP contribution < -0.4 is 14.8 Å². The van der Waals surface area contributed by atoms with E-state index in [9.17, 15) is 4.79 Å². The highest BCUT2D eigenvalue weighted by Crippen LogP contribution is 2.35. The third-order valence-corrected chi connectivity index (χ3v) is 5.54. The standard InChI is InChI=1S/C31H29NO3/c1-2-34-27-20-18-26(19-21-27)30(25-14-8-4-9-15-25)29(24-12-6-3-7-13-24)22-23-32-31(33)35-28-16-10-5-11-17-28/h3-21H,2,22-23H2,1H3,(H,32,33)/b30-29-. The van der Waals surface area contributed by atoms with Gasteiger partial charge in [-0.3, -0.25) is 0 Å². The van der Waals surface area contributed by atoms with Crippen LogP contribution in [-0.2, 0) is 0 Å². The van der Waals surface area contributed by atoms with Gasteiger partial charge in [0.15, 0.2) is 0 Å². The second-order valence-electron chi connectivity index (χ2n) is 7.92. The molecule has 1 amide bonds. The molecule has 4 heteroatoms. The molecule has 0 spiro atoms. The Kier molecular flexibility index (Phi) is 8.33. The first kappa shape index (κ1) is 23.8. The van der Waals surface area contributed by atoms with Crippen molar-refractivity contribution < 1.29 is 14.3 Å². The van der Waals surface area contributed by atoms with Gasteiger partial charge < -0.3 is 14.8 Å². The second-order valence-corrected chi connectivity index (χ2v) is 7.92. The van der Waals surface area contributed by atoms with Gasteiger partial charge in [-0.05, 0) is 65.4 Å². The van der Waals surface area contributed by atoms with Gasteiger partial charge in [0.2, 0.25) is 0 Å². The third kappa shape index (κ3) is 6.61. The Balaban J connectivity index is 1.66. The zero-order valence-electron chi connectivity index (χ0n) is 19.8. The highest BCUT2D eigenvalue weighted by Gasteiger charge is 2.15. The zero-order valence-corrected chi connectivity index (χ0v) is 19.8. The Hall–Kier alpha value is -4.31. The molecular formula is C31H29NO3. The summed E-state index contributed by atoms with van der Waals surface area (Å²) in [6.45, 7) is 3.04. The van der Waals surface area contributed by atoms with Crippen molar-refractivity contribution in [1.82, 2.24) is 5.32 Å². The minimum absolute atomic E-state index is 0.434. The lowest BCUT2D eigenvalue weighted by molar-refractivity contribution is 0.201. The molecule has 0 saturated carbocycles. The normalized spacial score (nSPS) is 11.3. The van der Waals surface area contributed by atoms with E-state index in [2.05, 4.69) is 41.7 Å². The maximum absolute atomic E-state index is 12.4. The van der Waals surface area contributed by atoms with Crippen molar-refractivity contribution in [2.24, 2.45) is 0 Å². The number of para-hydroxylation sites is 1. The van der Waals surface area contributed by atoms with E-state index in [0.717, 1.165) is 33.6 Å². The average Bonchev–Trinajstić information content (AvgIpc) is 2.91. The lowest BCUT2D eigenvalue weighted by atomic mass is 9.88. The quantitative estimate of drug-likeness (QED) is 0.267. The van der Waals surface area contributed by atoms with Gasteiger partial charge in [-0.1, -0.05) is 91.0 Å². The average molecular weight is 464 g/mol. The smallest absolute Gasteiger partial charge is 0.412 e. The van der Waals surface area contributed by atoms with Crippen molar-refractivity contribution in [2.75, 3.05) is 13.2 Å². The molecule has 1 N–H and O–H groups in total. The van der Waals surface area contributed by atoms with Gasteiger partial charge in [0.1, 0.15) is 11.5 Å². The number of hydrogen-bond donors (Lipinski definition) is 1.